The molecule has 210 valence electrons. The molecular weight excluding hydrogens is 548 g/mol. The Hall–Kier alpha value is -3.40. The summed E-state index contributed by atoms with van der Waals surface area (Å²) in [4.78, 5) is 36.8. The van der Waals surface area contributed by atoms with Crippen molar-refractivity contribution in [3.63, 3.8) is 0 Å². The highest BCUT2D eigenvalue weighted by Gasteiger charge is 2.54. The Morgan fingerprint density at radius 2 is 1.79 bits per heavy atom. The van der Waals surface area contributed by atoms with Gasteiger partial charge in [-0.2, -0.15) is 37.7 Å². The van der Waals surface area contributed by atoms with Gasteiger partial charge in [-0.3, -0.25) is 14.7 Å². The number of thiophene rings is 1. The van der Waals surface area contributed by atoms with Crippen LogP contribution in [0.25, 0.3) is 0 Å². The van der Waals surface area contributed by atoms with E-state index in [2.05, 4.69) is 32.0 Å². The van der Waals surface area contributed by atoms with Crippen LogP contribution in [0, 0.1) is 11.3 Å². The molecule has 2 aromatic heterocycles. The summed E-state index contributed by atoms with van der Waals surface area (Å²) in [7, 11) is 0. The summed E-state index contributed by atoms with van der Waals surface area (Å²) >= 11 is 1.72. The van der Waals surface area contributed by atoms with Gasteiger partial charge in [0.25, 0.3) is 0 Å². The Labute approximate surface area is 216 Å². The molecule has 4 rings (SSSR count). The number of carboxylic acid groups (broad SMARTS) is 2. The third-order valence-corrected chi connectivity index (χ3v) is 6.41. The first-order valence-electron chi connectivity index (χ1n) is 10.8. The van der Waals surface area contributed by atoms with Crippen molar-refractivity contribution in [1.29, 1.82) is 0 Å². The molecule has 3 N–H and O–H groups in total. The van der Waals surface area contributed by atoms with Crippen LogP contribution in [0.2, 0.25) is 0 Å². The maximum Gasteiger partial charge on any atom is 0.490 e. The van der Waals surface area contributed by atoms with Crippen LogP contribution < -0.4 is 10.1 Å². The molecule has 38 heavy (non-hydrogen) atoms. The topological polar surface area (TPSA) is 129 Å². The van der Waals surface area contributed by atoms with E-state index < -0.39 is 24.3 Å². The van der Waals surface area contributed by atoms with Crippen LogP contribution in [-0.2, 0) is 20.9 Å². The minimum Gasteiger partial charge on any atom is -0.492 e. The summed E-state index contributed by atoms with van der Waals surface area (Å²) in [6.07, 6.45) is -5.81. The molecule has 2 aliphatic rings. The number of alkyl halides is 6. The van der Waals surface area contributed by atoms with Gasteiger partial charge in [0.1, 0.15) is 5.75 Å². The first-order chi connectivity index (χ1) is 17.6. The summed E-state index contributed by atoms with van der Waals surface area (Å²) < 4.78 is 69.4. The number of hydrogen-bond donors (Lipinski definition) is 3. The van der Waals surface area contributed by atoms with Gasteiger partial charge < -0.3 is 20.3 Å². The van der Waals surface area contributed by atoms with Gasteiger partial charge in [0.2, 0.25) is 5.91 Å². The molecule has 0 unspecified atom stereocenters. The van der Waals surface area contributed by atoms with Gasteiger partial charge in [-0.1, -0.05) is 0 Å². The zero-order chi connectivity index (χ0) is 28.6. The number of carbonyl (C=O) groups is 3. The van der Waals surface area contributed by atoms with Crippen LogP contribution in [0.1, 0.15) is 12.0 Å². The molecule has 1 amide bonds. The molecule has 16 heteroatoms. The molecule has 1 spiro atoms. The van der Waals surface area contributed by atoms with Crippen molar-refractivity contribution < 1.29 is 55.7 Å². The van der Waals surface area contributed by atoms with Crippen LogP contribution in [0.4, 0.5) is 26.3 Å². The predicted octanol–water partition coefficient (Wildman–Crippen LogP) is 3.43. The third-order valence-electron chi connectivity index (χ3n) is 5.68. The number of carbonyl (C=O) groups excluding carboxylic acids is 1. The summed E-state index contributed by atoms with van der Waals surface area (Å²) in [5.74, 6) is -4.35. The summed E-state index contributed by atoms with van der Waals surface area (Å²) in [6, 6.07) is 5.93. The Kier molecular flexibility index (Phi) is 10.5. The number of aromatic nitrogens is 1. The van der Waals surface area contributed by atoms with Crippen molar-refractivity contribution in [2.45, 2.75) is 25.3 Å². The van der Waals surface area contributed by atoms with E-state index in [1.807, 2.05) is 12.1 Å². The fourth-order valence-corrected chi connectivity index (χ4v) is 4.49. The number of carboxylic acids is 2. The monoisotopic (exact) mass is 571 g/mol. The number of rotatable bonds is 5. The molecule has 0 aliphatic carbocycles. The largest absolute Gasteiger partial charge is 0.492 e. The first-order valence-corrected chi connectivity index (χ1v) is 11.7. The van der Waals surface area contributed by atoms with Crippen LogP contribution in [0.3, 0.4) is 0 Å². The fraction of sp³-hybridized carbons (Fsp3) is 0.455. The van der Waals surface area contributed by atoms with Gasteiger partial charge >= 0.3 is 24.3 Å². The summed E-state index contributed by atoms with van der Waals surface area (Å²) in [5.41, 5.74) is 1.02. The summed E-state index contributed by atoms with van der Waals surface area (Å²) in [6.45, 7) is 3.96. The number of nitrogens with one attached hydrogen (secondary N) is 1. The van der Waals surface area contributed by atoms with E-state index in [-0.39, 0.29) is 17.2 Å². The molecule has 9 nitrogen and oxygen atoms in total. The number of pyridine rings is 1. The lowest BCUT2D eigenvalue weighted by Crippen LogP contribution is -2.40. The lowest BCUT2D eigenvalue weighted by atomic mass is 9.77. The van der Waals surface area contributed by atoms with Gasteiger partial charge in [-0.25, -0.2) is 9.59 Å². The second kappa shape index (κ2) is 12.9. The van der Waals surface area contributed by atoms with E-state index >= 15 is 0 Å². The molecule has 0 saturated carbocycles. The Morgan fingerprint density at radius 1 is 1.16 bits per heavy atom. The van der Waals surface area contributed by atoms with E-state index in [0.717, 1.165) is 31.8 Å². The minimum absolute atomic E-state index is 0.190. The average molecular weight is 571 g/mol. The molecule has 0 bridgehead atoms. The molecule has 2 aliphatic heterocycles. The number of amides is 1. The molecule has 2 saturated heterocycles. The minimum atomic E-state index is -5.08. The Balaban J connectivity index is 0.000000301. The first kappa shape index (κ1) is 30.8. The molecule has 0 aromatic carbocycles. The molecule has 2 atom stereocenters. The van der Waals surface area contributed by atoms with Crippen molar-refractivity contribution in [1.82, 2.24) is 15.2 Å². The number of halogens is 6. The average Bonchev–Trinajstić information content (AvgIpc) is 3.56. The SMILES string of the molecule is O=C(O)C(F)(F)F.O=C(O)C(F)(F)F.O=C1NC[C@H](COc2cccnc2)[C@]12CCN(Cc1ccsc1)C2. The maximum absolute atomic E-state index is 12.6. The second-order valence-electron chi connectivity index (χ2n) is 8.26. The number of aliphatic carboxylic acids is 2. The number of hydrogen-bond acceptors (Lipinski definition) is 7. The van der Waals surface area contributed by atoms with Gasteiger partial charge in [-0.05, 0) is 47.5 Å². The number of ether oxygens (including phenoxy) is 1. The lowest BCUT2D eigenvalue weighted by molar-refractivity contribution is -0.193. The van der Waals surface area contributed by atoms with E-state index in [9.17, 15) is 31.1 Å². The van der Waals surface area contributed by atoms with Gasteiger partial charge in [0, 0.05) is 31.7 Å². The summed E-state index contributed by atoms with van der Waals surface area (Å²) in [5, 5.41) is 21.6. The van der Waals surface area contributed by atoms with E-state index in [0.29, 0.717) is 13.2 Å². The maximum atomic E-state index is 12.6. The predicted molar refractivity (Wildman–Crippen MR) is 120 cm³/mol. The smallest absolute Gasteiger partial charge is 0.490 e. The highest BCUT2D eigenvalue weighted by atomic mass is 32.1. The van der Waals surface area contributed by atoms with Gasteiger partial charge in [0.05, 0.1) is 18.2 Å². The number of nitrogens with zero attached hydrogens (tertiary/aromatic N) is 2. The van der Waals surface area contributed by atoms with Crippen LogP contribution in [0.15, 0.2) is 41.4 Å². The zero-order valence-corrected chi connectivity index (χ0v) is 20.3. The van der Waals surface area contributed by atoms with E-state index in [4.69, 9.17) is 24.5 Å². The fourth-order valence-electron chi connectivity index (χ4n) is 3.83. The second-order valence-corrected chi connectivity index (χ2v) is 9.04. The number of likely N-dealkylation sites (tertiary alicyclic amines) is 1. The zero-order valence-electron chi connectivity index (χ0n) is 19.5. The lowest BCUT2D eigenvalue weighted by Gasteiger charge is -2.28. The van der Waals surface area contributed by atoms with Crippen LogP contribution in [-0.4, -0.2) is 76.5 Å². The Morgan fingerprint density at radius 3 is 2.29 bits per heavy atom. The highest BCUT2D eigenvalue weighted by molar-refractivity contribution is 7.07. The van der Waals surface area contributed by atoms with Crippen molar-refractivity contribution in [3.05, 3.63) is 46.9 Å². The normalized spacial score (nSPS) is 21.1. The Bertz CT molecular complexity index is 1040. The van der Waals surface area contributed by atoms with Crippen molar-refractivity contribution in [2.24, 2.45) is 11.3 Å². The van der Waals surface area contributed by atoms with Crippen LogP contribution in [0.5, 0.6) is 5.75 Å². The van der Waals surface area contributed by atoms with Crippen molar-refractivity contribution >= 4 is 29.2 Å². The molecule has 2 aromatic rings. The highest BCUT2D eigenvalue weighted by Crippen LogP contribution is 2.42. The van der Waals surface area contributed by atoms with E-state index in [1.54, 1.807) is 23.7 Å². The van der Waals surface area contributed by atoms with Gasteiger partial charge in [-0.15, -0.1) is 0 Å². The van der Waals surface area contributed by atoms with E-state index in [1.165, 1.54) is 5.56 Å². The standard InChI is InChI=1S/C18H21N3O2S.2C2HF3O2/c22-17-18(4-6-21(13-18)10-14-3-7-24-12-14)15(8-20-17)11-23-16-2-1-5-19-9-16;2*3-2(4,5)1(6)7/h1-3,5,7,9,12,15H,4,6,8,10-11,13H2,(H,20,22);2*(H,6,7)/t15-,18-;;/m1../s1. The quantitative estimate of drug-likeness (QED) is 0.466. The van der Waals surface area contributed by atoms with Crippen molar-refractivity contribution in [3.8, 4) is 5.75 Å². The van der Waals surface area contributed by atoms with Gasteiger partial charge in [0.15, 0.2) is 0 Å². The molecule has 2 fully saturated rings. The molecule has 4 heterocycles. The third kappa shape index (κ3) is 8.86. The van der Waals surface area contributed by atoms with Crippen LogP contribution >= 0.6 is 11.3 Å². The molecular formula is C22H23F6N3O6S. The molecule has 0 radical (unpaired) electrons. The van der Waals surface area contributed by atoms with Crippen molar-refractivity contribution in [2.75, 3.05) is 26.2 Å².